The Kier molecular flexibility index (Phi) is 6.36. The number of halogens is 2. The minimum atomic E-state index is -2.90. The van der Waals surface area contributed by atoms with E-state index in [1.807, 2.05) is 30.2 Å². The predicted octanol–water partition coefficient (Wildman–Crippen LogP) is 4.09. The number of amides is 1. The Bertz CT molecular complexity index is 1380. The average molecular weight is 495 g/mol. The van der Waals surface area contributed by atoms with E-state index in [4.69, 9.17) is 9.84 Å². The molecule has 1 fully saturated rings. The number of pyridine rings is 1. The third kappa shape index (κ3) is 4.77. The number of hydrogen-bond acceptors (Lipinski definition) is 6. The highest BCUT2D eigenvalue weighted by molar-refractivity contribution is 5.71. The van der Waals surface area contributed by atoms with E-state index in [9.17, 15) is 13.6 Å². The maximum absolute atomic E-state index is 12.9. The highest BCUT2D eigenvalue weighted by atomic mass is 19.3. The fourth-order valence-corrected chi connectivity index (χ4v) is 4.39. The molecule has 11 heteroatoms. The lowest BCUT2D eigenvalue weighted by Crippen LogP contribution is -2.48. The summed E-state index contributed by atoms with van der Waals surface area (Å²) in [4.78, 5) is 23.5. The van der Waals surface area contributed by atoms with Crippen molar-refractivity contribution in [2.75, 3.05) is 31.1 Å². The molecular weight excluding hydrogens is 470 g/mol. The molecule has 1 aromatic carbocycles. The highest BCUT2D eigenvalue weighted by Gasteiger charge is 2.22. The molecule has 0 saturated carbocycles. The summed E-state index contributed by atoms with van der Waals surface area (Å²) in [5, 5.41) is 13.7. The van der Waals surface area contributed by atoms with Crippen LogP contribution in [0.15, 0.2) is 55.0 Å². The van der Waals surface area contributed by atoms with Crippen LogP contribution in [0.5, 0.6) is 5.75 Å². The molecule has 0 atom stereocenters. The summed E-state index contributed by atoms with van der Waals surface area (Å²) in [5.41, 5.74) is 4.92. The molecular formula is C25H24F2N6O3. The lowest BCUT2D eigenvalue weighted by molar-refractivity contribution is -0.0503. The number of anilines is 1. The third-order valence-corrected chi connectivity index (χ3v) is 6.30. The van der Waals surface area contributed by atoms with E-state index in [1.165, 1.54) is 11.0 Å². The van der Waals surface area contributed by atoms with E-state index in [0.29, 0.717) is 44.1 Å². The van der Waals surface area contributed by atoms with E-state index in [1.54, 1.807) is 35.1 Å². The first-order chi connectivity index (χ1) is 17.4. The first kappa shape index (κ1) is 23.5. The van der Waals surface area contributed by atoms with Gasteiger partial charge in [-0.2, -0.15) is 13.9 Å². The van der Waals surface area contributed by atoms with E-state index in [0.717, 1.165) is 27.9 Å². The van der Waals surface area contributed by atoms with Crippen LogP contribution in [0, 0.1) is 6.92 Å². The zero-order chi connectivity index (χ0) is 25.2. The smallest absolute Gasteiger partial charge is 0.407 e. The molecule has 4 heterocycles. The van der Waals surface area contributed by atoms with Crippen LogP contribution < -0.4 is 9.64 Å². The fraction of sp³-hybridized carbons (Fsp3) is 0.280. The van der Waals surface area contributed by atoms with Crippen LogP contribution in [0.1, 0.15) is 16.8 Å². The largest absolute Gasteiger partial charge is 0.465 e. The number of piperazine rings is 1. The molecule has 4 aromatic rings. The van der Waals surface area contributed by atoms with Crippen LogP contribution in [-0.2, 0) is 6.42 Å². The molecule has 0 aliphatic carbocycles. The lowest BCUT2D eigenvalue weighted by atomic mass is 10.0. The highest BCUT2D eigenvalue weighted by Crippen LogP contribution is 2.29. The number of carbonyl (C=O) groups is 1. The number of nitrogens with zero attached hydrogens (tertiary/aromatic N) is 6. The second kappa shape index (κ2) is 9.76. The van der Waals surface area contributed by atoms with Crippen molar-refractivity contribution in [3.05, 3.63) is 71.8 Å². The summed E-state index contributed by atoms with van der Waals surface area (Å²) in [7, 11) is 0. The maximum atomic E-state index is 12.9. The Morgan fingerprint density at radius 3 is 2.50 bits per heavy atom. The zero-order valence-corrected chi connectivity index (χ0v) is 19.5. The molecule has 1 aliphatic rings. The normalized spacial score (nSPS) is 14.0. The van der Waals surface area contributed by atoms with Crippen molar-refractivity contribution < 1.29 is 23.4 Å². The maximum Gasteiger partial charge on any atom is 0.407 e. The molecule has 0 radical (unpaired) electrons. The van der Waals surface area contributed by atoms with Gasteiger partial charge in [-0.3, -0.25) is 0 Å². The van der Waals surface area contributed by atoms with Crippen LogP contribution >= 0.6 is 0 Å². The Labute approximate surface area is 205 Å². The van der Waals surface area contributed by atoms with E-state index in [2.05, 4.69) is 15.1 Å². The molecule has 1 amide bonds. The number of para-hydroxylation sites is 1. The summed E-state index contributed by atoms with van der Waals surface area (Å²) < 4.78 is 32.2. The number of ether oxygens (including phenoxy) is 1. The van der Waals surface area contributed by atoms with E-state index in [-0.39, 0.29) is 5.75 Å². The minimum Gasteiger partial charge on any atom is -0.465 e. The van der Waals surface area contributed by atoms with Crippen molar-refractivity contribution in [1.29, 1.82) is 0 Å². The molecule has 1 aliphatic heterocycles. The van der Waals surface area contributed by atoms with Crippen LogP contribution in [0.2, 0.25) is 0 Å². The molecule has 186 valence electrons. The Hall–Kier alpha value is -4.28. The zero-order valence-electron chi connectivity index (χ0n) is 19.5. The van der Waals surface area contributed by atoms with Gasteiger partial charge >= 0.3 is 12.7 Å². The molecule has 0 bridgehead atoms. The van der Waals surface area contributed by atoms with Crippen molar-refractivity contribution in [3.8, 4) is 16.9 Å². The van der Waals surface area contributed by atoms with Crippen molar-refractivity contribution in [2.45, 2.75) is 20.0 Å². The first-order valence-electron chi connectivity index (χ1n) is 11.4. The molecule has 0 spiro atoms. The van der Waals surface area contributed by atoms with Crippen LogP contribution in [0.3, 0.4) is 0 Å². The van der Waals surface area contributed by atoms with Gasteiger partial charge in [-0.25, -0.2) is 19.3 Å². The summed E-state index contributed by atoms with van der Waals surface area (Å²) in [6, 6.07) is 10.7. The van der Waals surface area contributed by atoms with Gasteiger partial charge < -0.3 is 19.6 Å². The number of aromatic nitrogens is 4. The minimum absolute atomic E-state index is 0.149. The topological polar surface area (TPSA) is 96.1 Å². The summed E-state index contributed by atoms with van der Waals surface area (Å²) >= 11 is 0. The van der Waals surface area contributed by atoms with Gasteiger partial charge in [0.15, 0.2) is 0 Å². The van der Waals surface area contributed by atoms with Crippen LogP contribution in [0.4, 0.5) is 19.5 Å². The number of hydrogen-bond donors (Lipinski definition) is 1. The van der Waals surface area contributed by atoms with Gasteiger partial charge in [-0.15, -0.1) is 0 Å². The number of carboxylic acid groups (broad SMARTS) is 1. The third-order valence-electron chi connectivity index (χ3n) is 6.30. The lowest BCUT2D eigenvalue weighted by Gasteiger charge is -2.33. The summed E-state index contributed by atoms with van der Waals surface area (Å²) in [5.74, 6) is 0.706. The standard InChI is InChI=1S/C25H24F2N6O3/c1-16-20(12-18-4-2-3-5-22(18)36-23(26)27)21-13-17(6-7-33(21)30-16)19-14-28-24(29-15-19)31-8-10-32(11-9-31)25(34)35/h2-7,13-15,23H,8-12H2,1H3,(H,34,35). The van der Waals surface area contributed by atoms with Crippen LogP contribution in [-0.4, -0.2) is 68.5 Å². The summed E-state index contributed by atoms with van der Waals surface area (Å²) in [6.07, 6.45) is 4.81. The molecule has 1 N–H and O–H groups in total. The summed E-state index contributed by atoms with van der Waals surface area (Å²) in [6.45, 7) is 0.879. The van der Waals surface area contributed by atoms with Gasteiger partial charge in [-0.05, 0) is 36.2 Å². The van der Waals surface area contributed by atoms with Gasteiger partial charge in [0, 0.05) is 62.3 Å². The number of fused-ring (bicyclic) bond motifs is 1. The second-order valence-corrected chi connectivity index (χ2v) is 8.50. The molecule has 9 nitrogen and oxygen atoms in total. The van der Waals surface area contributed by atoms with Gasteiger partial charge in [0.05, 0.1) is 11.2 Å². The Balaban J connectivity index is 1.40. The first-order valence-corrected chi connectivity index (χ1v) is 11.4. The fourth-order valence-electron chi connectivity index (χ4n) is 4.39. The van der Waals surface area contributed by atoms with Crippen molar-refractivity contribution in [1.82, 2.24) is 24.5 Å². The quantitative estimate of drug-likeness (QED) is 0.431. The van der Waals surface area contributed by atoms with Crippen molar-refractivity contribution in [3.63, 3.8) is 0 Å². The average Bonchev–Trinajstić information content (AvgIpc) is 3.19. The number of alkyl halides is 2. The number of rotatable bonds is 6. The Morgan fingerprint density at radius 2 is 1.81 bits per heavy atom. The molecule has 36 heavy (non-hydrogen) atoms. The van der Waals surface area contributed by atoms with Crippen molar-refractivity contribution in [2.24, 2.45) is 0 Å². The van der Waals surface area contributed by atoms with Gasteiger partial charge in [0.25, 0.3) is 0 Å². The van der Waals surface area contributed by atoms with Gasteiger partial charge in [0.1, 0.15) is 5.75 Å². The Morgan fingerprint density at radius 1 is 1.08 bits per heavy atom. The van der Waals surface area contributed by atoms with Gasteiger partial charge in [-0.1, -0.05) is 18.2 Å². The molecule has 1 saturated heterocycles. The van der Waals surface area contributed by atoms with Crippen LogP contribution in [0.25, 0.3) is 16.6 Å². The number of aryl methyl sites for hydroxylation is 1. The number of benzene rings is 1. The van der Waals surface area contributed by atoms with E-state index >= 15 is 0 Å². The van der Waals surface area contributed by atoms with Crippen molar-refractivity contribution >= 4 is 17.6 Å². The second-order valence-electron chi connectivity index (χ2n) is 8.50. The molecule has 3 aromatic heterocycles. The SMILES string of the molecule is Cc1nn2ccc(-c3cnc(N4CCN(C(=O)O)CC4)nc3)cc2c1Cc1ccccc1OC(F)F. The monoisotopic (exact) mass is 494 g/mol. The molecule has 5 rings (SSSR count). The van der Waals surface area contributed by atoms with E-state index < -0.39 is 12.7 Å². The van der Waals surface area contributed by atoms with Gasteiger partial charge in [0.2, 0.25) is 5.95 Å². The predicted molar refractivity (Wildman–Crippen MR) is 129 cm³/mol. The molecule has 0 unspecified atom stereocenters.